The summed E-state index contributed by atoms with van der Waals surface area (Å²) < 4.78 is 1.91. The summed E-state index contributed by atoms with van der Waals surface area (Å²) in [7, 11) is 0. The molecule has 1 N–H and O–H groups in total. The number of benzene rings is 1. The topological polar surface area (TPSA) is 46.9 Å². The van der Waals surface area contributed by atoms with E-state index in [0.717, 1.165) is 22.6 Å². The van der Waals surface area contributed by atoms with Gasteiger partial charge in [-0.15, -0.1) is 0 Å². The molecule has 2 rings (SSSR count). The zero-order valence-corrected chi connectivity index (χ0v) is 13.7. The molecule has 4 nitrogen and oxygen atoms in total. The summed E-state index contributed by atoms with van der Waals surface area (Å²) >= 11 is 6.07. The second kappa shape index (κ2) is 5.90. The summed E-state index contributed by atoms with van der Waals surface area (Å²) in [6.45, 7) is 9.88. The highest BCUT2D eigenvalue weighted by Crippen LogP contribution is 2.24. The largest absolute Gasteiger partial charge is 0.319 e. The molecule has 1 heterocycles. The molecule has 0 spiro atoms. The standard InChI is InChI=1S/C16H20ClN3O/c1-9(2)20-12(5)15(11(4)19-20)18-16(21)13-7-6-10(3)14(17)8-13/h6-9H,1-5H3,(H,18,21). The lowest BCUT2D eigenvalue weighted by molar-refractivity contribution is 0.102. The van der Waals surface area contributed by atoms with Crippen LogP contribution < -0.4 is 5.32 Å². The Labute approximate surface area is 130 Å². The third-order valence-electron chi connectivity index (χ3n) is 3.49. The Kier molecular flexibility index (Phi) is 4.37. The van der Waals surface area contributed by atoms with Gasteiger partial charge >= 0.3 is 0 Å². The van der Waals surface area contributed by atoms with Crippen LogP contribution >= 0.6 is 11.6 Å². The van der Waals surface area contributed by atoms with Crippen molar-refractivity contribution in [1.29, 1.82) is 0 Å². The Balaban J connectivity index is 2.29. The first-order chi connectivity index (χ1) is 9.81. The molecule has 112 valence electrons. The molecule has 0 radical (unpaired) electrons. The molecule has 2 aromatic rings. The maximum atomic E-state index is 12.4. The normalized spacial score (nSPS) is 11.0. The molecule has 1 aromatic heterocycles. The van der Waals surface area contributed by atoms with Crippen LogP contribution in [0.4, 0.5) is 5.69 Å². The van der Waals surface area contributed by atoms with E-state index >= 15 is 0 Å². The van der Waals surface area contributed by atoms with Crippen molar-refractivity contribution in [1.82, 2.24) is 9.78 Å². The van der Waals surface area contributed by atoms with E-state index in [2.05, 4.69) is 24.3 Å². The van der Waals surface area contributed by atoms with Gasteiger partial charge in [-0.1, -0.05) is 17.7 Å². The number of aromatic nitrogens is 2. The number of nitrogens with zero attached hydrogens (tertiary/aromatic N) is 2. The van der Waals surface area contributed by atoms with Gasteiger partial charge in [-0.25, -0.2) is 0 Å². The smallest absolute Gasteiger partial charge is 0.255 e. The van der Waals surface area contributed by atoms with Crippen LogP contribution in [0.5, 0.6) is 0 Å². The van der Waals surface area contributed by atoms with Gasteiger partial charge in [0.1, 0.15) is 0 Å². The average Bonchev–Trinajstić information content (AvgIpc) is 2.70. The molecule has 1 amide bonds. The van der Waals surface area contributed by atoms with Gasteiger partial charge in [0, 0.05) is 16.6 Å². The number of carbonyl (C=O) groups excluding carboxylic acids is 1. The lowest BCUT2D eigenvalue weighted by atomic mass is 10.1. The van der Waals surface area contributed by atoms with Crippen LogP contribution in [0.25, 0.3) is 0 Å². The molecule has 0 atom stereocenters. The summed E-state index contributed by atoms with van der Waals surface area (Å²) in [6.07, 6.45) is 0. The number of hydrogen-bond acceptors (Lipinski definition) is 2. The van der Waals surface area contributed by atoms with Gasteiger partial charge in [0.2, 0.25) is 0 Å². The fourth-order valence-corrected chi connectivity index (χ4v) is 2.45. The number of halogens is 1. The van der Waals surface area contributed by atoms with E-state index < -0.39 is 0 Å². The van der Waals surface area contributed by atoms with Crippen molar-refractivity contribution in [3.05, 3.63) is 45.7 Å². The van der Waals surface area contributed by atoms with Crippen LogP contribution in [0.2, 0.25) is 5.02 Å². The van der Waals surface area contributed by atoms with Crippen molar-refractivity contribution in [2.24, 2.45) is 0 Å². The van der Waals surface area contributed by atoms with E-state index in [1.54, 1.807) is 12.1 Å². The minimum absolute atomic E-state index is 0.175. The monoisotopic (exact) mass is 305 g/mol. The minimum atomic E-state index is -0.175. The maximum absolute atomic E-state index is 12.4. The molecule has 0 bridgehead atoms. The Bertz CT molecular complexity index is 689. The summed E-state index contributed by atoms with van der Waals surface area (Å²) in [4.78, 5) is 12.4. The second-order valence-electron chi connectivity index (χ2n) is 5.50. The van der Waals surface area contributed by atoms with Crippen LogP contribution in [-0.4, -0.2) is 15.7 Å². The van der Waals surface area contributed by atoms with Crippen LogP contribution in [0.3, 0.4) is 0 Å². The minimum Gasteiger partial charge on any atom is -0.319 e. The van der Waals surface area contributed by atoms with Gasteiger partial charge in [-0.3, -0.25) is 9.48 Å². The summed E-state index contributed by atoms with van der Waals surface area (Å²) in [5, 5.41) is 7.99. The van der Waals surface area contributed by atoms with Gasteiger partial charge in [-0.2, -0.15) is 5.10 Å². The average molecular weight is 306 g/mol. The van der Waals surface area contributed by atoms with E-state index in [-0.39, 0.29) is 11.9 Å². The number of anilines is 1. The molecule has 0 aliphatic heterocycles. The molecule has 0 aliphatic rings. The molecule has 0 saturated carbocycles. The number of amides is 1. The first-order valence-corrected chi connectivity index (χ1v) is 7.32. The Hall–Kier alpha value is -1.81. The Morgan fingerprint density at radius 3 is 2.48 bits per heavy atom. The van der Waals surface area contributed by atoms with Gasteiger partial charge < -0.3 is 5.32 Å². The SMILES string of the molecule is Cc1ccc(C(=O)Nc2c(C)nn(C(C)C)c2C)cc1Cl. The van der Waals surface area contributed by atoms with Crippen molar-refractivity contribution >= 4 is 23.2 Å². The van der Waals surface area contributed by atoms with Gasteiger partial charge in [-0.05, 0) is 52.3 Å². The fourth-order valence-electron chi connectivity index (χ4n) is 2.27. The maximum Gasteiger partial charge on any atom is 0.255 e. The van der Waals surface area contributed by atoms with Crippen molar-refractivity contribution < 1.29 is 4.79 Å². The van der Waals surface area contributed by atoms with E-state index in [9.17, 15) is 4.79 Å². The van der Waals surface area contributed by atoms with Crippen LogP contribution in [0.15, 0.2) is 18.2 Å². The molecule has 0 aliphatic carbocycles. The van der Waals surface area contributed by atoms with Crippen LogP contribution in [0, 0.1) is 20.8 Å². The molecule has 0 fully saturated rings. The molecule has 0 unspecified atom stereocenters. The van der Waals surface area contributed by atoms with Crippen LogP contribution in [-0.2, 0) is 0 Å². The second-order valence-corrected chi connectivity index (χ2v) is 5.91. The van der Waals surface area contributed by atoms with Gasteiger partial charge in [0.05, 0.1) is 17.1 Å². The molecule has 0 saturated heterocycles. The third-order valence-corrected chi connectivity index (χ3v) is 3.89. The van der Waals surface area contributed by atoms with E-state index in [1.165, 1.54) is 0 Å². The van der Waals surface area contributed by atoms with Crippen molar-refractivity contribution in [3.8, 4) is 0 Å². The Morgan fingerprint density at radius 1 is 1.29 bits per heavy atom. The number of nitrogens with one attached hydrogen (secondary N) is 1. The summed E-state index contributed by atoms with van der Waals surface area (Å²) in [5.74, 6) is -0.175. The van der Waals surface area contributed by atoms with Crippen molar-refractivity contribution in [2.45, 2.75) is 40.7 Å². The lowest BCUT2D eigenvalue weighted by Crippen LogP contribution is -2.13. The van der Waals surface area contributed by atoms with E-state index in [0.29, 0.717) is 10.6 Å². The van der Waals surface area contributed by atoms with Gasteiger partial charge in [0.25, 0.3) is 5.91 Å². The fraction of sp³-hybridized carbons (Fsp3) is 0.375. The molecular weight excluding hydrogens is 286 g/mol. The number of carbonyl (C=O) groups is 1. The van der Waals surface area contributed by atoms with Gasteiger partial charge in [0.15, 0.2) is 0 Å². The molecule has 5 heteroatoms. The first-order valence-electron chi connectivity index (χ1n) is 6.94. The molecular formula is C16H20ClN3O. The number of hydrogen-bond donors (Lipinski definition) is 1. The molecule has 21 heavy (non-hydrogen) atoms. The number of aryl methyl sites for hydroxylation is 2. The third kappa shape index (κ3) is 3.10. The highest BCUT2D eigenvalue weighted by atomic mass is 35.5. The predicted molar refractivity (Wildman–Crippen MR) is 86.2 cm³/mol. The zero-order valence-electron chi connectivity index (χ0n) is 13.0. The Morgan fingerprint density at radius 2 is 1.95 bits per heavy atom. The number of rotatable bonds is 3. The summed E-state index contributed by atoms with van der Waals surface area (Å²) in [6, 6.07) is 5.55. The lowest BCUT2D eigenvalue weighted by Gasteiger charge is -2.10. The highest BCUT2D eigenvalue weighted by Gasteiger charge is 2.16. The first kappa shape index (κ1) is 15.6. The quantitative estimate of drug-likeness (QED) is 0.919. The summed E-state index contributed by atoms with van der Waals surface area (Å²) in [5.41, 5.74) is 4.03. The highest BCUT2D eigenvalue weighted by molar-refractivity contribution is 6.31. The van der Waals surface area contributed by atoms with Crippen molar-refractivity contribution in [3.63, 3.8) is 0 Å². The zero-order chi connectivity index (χ0) is 15.7. The van der Waals surface area contributed by atoms with Crippen LogP contribution in [0.1, 0.15) is 47.2 Å². The van der Waals surface area contributed by atoms with E-state index in [1.807, 2.05) is 31.5 Å². The van der Waals surface area contributed by atoms with E-state index in [4.69, 9.17) is 11.6 Å². The van der Waals surface area contributed by atoms with Crippen molar-refractivity contribution in [2.75, 3.05) is 5.32 Å². The molecule has 1 aromatic carbocycles. The predicted octanol–water partition coefficient (Wildman–Crippen LogP) is 4.29.